The van der Waals surface area contributed by atoms with E-state index >= 15 is 0 Å². The first kappa shape index (κ1) is 59.5. The minimum atomic E-state index is -0.819. The molecule has 67 heavy (non-hydrogen) atoms. The van der Waals surface area contributed by atoms with E-state index in [4.69, 9.17) is 40.0 Å². The molecule has 3 rings (SSSR count). The molecule has 0 unspecified atom stereocenters. The summed E-state index contributed by atoms with van der Waals surface area (Å²) in [6.07, 6.45) is 5.64. The Morgan fingerprint density at radius 1 is 0.627 bits per heavy atom. The maximum atomic E-state index is 12.1. The number of anilines is 1. The highest BCUT2D eigenvalue weighted by Crippen LogP contribution is 2.39. The minimum absolute atomic E-state index is 0.0816. The second kappa shape index (κ2) is 29.1. The van der Waals surface area contributed by atoms with Crippen molar-refractivity contribution in [3.8, 4) is 11.5 Å². The summed E-state index contributed by atoms with van der Waals surface area (Å²) in [6, 6.07) is 12.6. The number of aliphatic hydroxyl groups excluding tert-OH is 1. The monoisotopic (exact) mass is 930 g/mol. The number of aliphatic hydroxyl groups is 1. The van der Waals surface area contributed by atoms with Crippen molar-refractivity contribution in [1.29, 1.82) is 0 Å². The Morgan fingerprint density at radius 3 is 1.36 bits per heavy atom. The van der Waals surface area contributed by atoms with Crippen LogP contribution in [0.1, 0.15) is 107 Å². The topological polar surface area (TPSA) is 270 Å². The van der Waals surface area contributed by atoms with E-state index in [2.05, 4.69) is 26.8 Å². The van der Waals surface area contributed by atoms with E-state index in [1.807, 2.05) is 27.7 Å². The number of amides is 1. The molecule has 0 radical (unpaired) electrons. The van der Waals surface area contributed by atoms with Crippen molar-refractivity contribution in [3.05, 3.63) is 119 Å². The fraction of sp³-hybridized carbons (Fsp3) is 0.489. The van der Waals surface area contributed by atoms with Gasteiger partial charge in [-0.1, -0.05) is 51.8 Å². The van der Waals surface area contributed by atoms with Crippen LogP contribution in [0, 0.1) is 66.3 Å². The minimum Gasteiger partial charge on any atom is -0.504 e. The zero-order chi connectivity index (χ0) is 51.5. The van der Waals surface area contributed by atoms with Gasteiger partial charge < -0.3 is 25.6 Å². The number of rotatable bonds is 21. The summed E-state index contributed by atoms with van der Waals surface area (Å²) in [5.74, 6) is 0.774. The first-order valence-corrected chi connectivity index (χ1v) is 21.3. The molecule has 1 amide bonds. The molecule has 20 heteroatoms. The molecule has 0 saturated heterocycles. The van der Waals surface area contributed by atoms with Crippen LogP contribution in [0.5, 0.6) is 11.5 Å². The van der Waals surface area contributed by atoms with Gasteiger partial charge >= 0.3 is 11.4 Å². The zero-order valence-corrected chi connectivity index (χ0v) is 39.7. The molecule has 0 aliphatic carbocycles. The third kappa shape index (κ3) is 19.6. The van der Waals surface area contributed by atoms with Gasteiger partial charge in [0.05, 0.1) is 70.6 Å². The maximum absolute atomic E-state index is 12.1. The van der Waals surface area contributed by atoms with Gasteiger partial charge in [-0.2, -0.15) is 0 Å². The third-order valence-corrected chi connectivity index (χ3v) is 9.67. The van der Waals surface area contributed by atoms with Gasteiger partial charge in [0.2, 0.25) is 11.6 Å². The number of nitrogens with two attached hydrogens (primary N) is 1. The lowest BCUT2D eigenvalue weighted by molar-refractivity contribution is -0.392. The molecule has 0 bridgehead atoms. The average Bonchev–Trinajstić information content (AvgIpc) is 3.30. The largest absolute Gasteiger partial charge is 0.504 e. The summed E-state index contributed by atoms with van der Waals surface area (Å²) < 4.78 is 11.2. The van der Waals surface area contributed by atoms with Crippen LogP contribution in [0.25, 0.3) is 14.5 Å². The summed E-state index contributed by atoms with van der Waals surface area (Å²) >= 11 is 0. The van der Waals surface area contributed by atoms with Gasteiger partial charge in [-0.15, -0.1) is 0 Å². The van der Waals surface area contributed by atoms with Gasteiger partial charge in [0.15, 0.2) is 0 Å². The van der Waals surface area contributed by atoms with Gasteiger partial charge in [0, 0.05) is 43.3 Å². The van der Waals surface area contributed by atoms with Crippen LogP contribution in [0.2, 0.25) is 0 Å². The van der Waals surface area contributed by atoms with Crippen molar-refractivity contribution in [3.63, 3.8) is 0 Å². The third-order valence-electron chi connectivity index (χ3n) is 9.67. The zero-order valence-electron chi connectivity index (χ0n) is 39.7. The van der Waals surface area contributed by atoms with Crippen molar-refractivity contribution >= 4 is 57.3 Å². The Balaban J connectivity index is 0.000000896. The number of ether oxygens (including phenoxy) is 2. The van der Waals surface area contributed by atoms with Crippen molar-refractivity contribution < 1.29 is 43.7 Å². The van der Waals surface area contributed by atoms with E-state index in [1.165, 1.54) is 24.3 Å². The molecule has 4 N–H and O–H groups in total. The van der Waals surface area contributed by atoms with Crippen molar-refractivity contribution in [2.45, 2.75) is 107 Å². The van der Waals surface area contributed by atoms with Gasteiger partial charge in [0.1, 0.15) is 23.1 Å². The molecule has 0 heterocycles. The van der Waals surface area contributed by atoms with Crippen LogP contribution in [0.15, 0.2) is 54.6 Å². The summed E-state index contributed by atoms with van der Waals surface area (Å²) in [6.45, 7) is 38.6. The molecule has 3 aromatic rings. The molecular formula is C47H62N8O12. The number of hydrogen-bond acceptors (Lipinski definition) is 13. The second-order valence-electron chi connectivity index (χ2n) is 16.8. The molecule has 0 aliphatic rings. The molecule has 0 atom stereocenters. The molecule has 0 spiro atoms. The number of unbranched alkanes of at least 4 members (excludes halogenated alkanes) is 2. The predicted octanol–water partition coefficient (Wildman–Crippen LogP) is 10.9. The number of hydrogen-bond donors (Lipinski definition) is 3. The number of nitro benzene ring substituents is 3. The van der Waals surface area contributed by atoms with Crippen LogP contribution in [-0.4, -0.2) is 63.7 Å². The standard InChI is InChI=1S/C16H20N2O4.C16H22N2O2.C8H17NO2.C7H3N3O4/c1-5-6-10-14(19)16(2,3)11-22-13-9-7-8-12(18(20)21)15(13)17-4;1-5-6-10-14(19)16(2,3)11-20-13-9-7-8-12(17)15(13)18-4;1-4-5-9-7(11)8(2,3)6-10;1-8-7-5(9(11)12)3-2-4-6(7)10(13)14/h7-9H,5-6,10-11H2,1-3H3;7-9H,5-6,10-11,17H2,1-3H3;10H,4-6H2,1-3H3,(H,9,11);2-4H. The first-order valence-electron chi connectivity index (χ1n) is 21.3. The van der Waals surface area contributed by atoms with E-state index < -0.39 is 48.1 Å². The highest BCUT2D eigenvalue weighted by atomic mass is 16.6. The quantitative estimate of drug-likeness (QED) is 0.0388. The van der Waals surface area contributed by atoms with Crippen molar-refractivity contribution in [1.82, 2.24) is 5.32 Å². The summed E-state index contributed by atoms with van der Waals surface area (Å²) in [7, 11) is 0. The number of benzene rings is 3. The van der Waals surface area contributed by atoms with Gasteiger partial charge in [-0.05, 0) is 79.0 Å². The predicted molar refractivity (Wildman–Crippen MR) is 254 cm³/mol. The van der Waals surface area contributed by atoms with E-state index in [9.17, 15) is 44.7 Å². The second-order valence-corrected chi connectivity index (χ2v) is 16.8. The lowest BCUT2D eigenvalue weighted by Gasteiger charge is -2.24. The average molecular weight is 931 g/mol. The number of nitrogen functional groups attached to an aromatic ring is 1. The van der Waals surface area contributed by atoms with Gasteiger partial charge in [-0.3, -0.25) is 44.7 Å². The van der Waals surface area contributed by atoms with Crippen molar-refractivity contribution in [2.75, 3.05) is 32.1 Å². The molecule has 0 saturated carbocycles. The number of Topliss-reactive ketones (excluding diaryl/α,β-unsaturated/α-hetero) is 2. The van der Waals surface area contributed by atoms with Crippen LogP contribution >= 0.6 is 0 Å². The fourth-order valence-electron chi connectivity index (χ4n) is 5.17. The van der Waals surface area contributed by atoms with Crippen LogP contribution in [0.3, 0.4) is 0 Å². The number of nitrogens with zero attached hydrogens (tertiary/aromatic N) is 6. The highest BCUT2D eigenvalue weighted by molar-refractivity contribution is 5.85. The van der Waals surface area contributed by atoms with Crippen LogP contribution in [-0.2, 0) is 14.4 Å². The molecule has 0 aromatic heterocycles. The van der Waals surface area contributed by atoms with Gasteiger partial charge in [-0.25, -0.2) is 14.5 Å². The molecule has 362 valence electrons. The number of nitrogens with one attached hydrogen (secondary N) is 1. The Morgan fingerprint density at radius 2 is 1.00 bits per heavy atom. The summed E-state index contributed by atoms with van der Waals surface area (Å²) in [5.41, 5.74) is 2.49. The van der Waals surface area contributed by atoms with E-state index in [0.717, 1.165) is 44.2 Å². The number of para-hydroxylation sites is 3. The summed E-state index contributed by atoms with van der Waals surface area (Å²) in [5, 5.41) is 43.2. The number of ketones is 2. The Hall–Kier alpha value is -7.50. The SMILES string of the molecule is CCCNC(=O)C(C)(C)CO.[C-]#[N+]c1c(N)cccc1OCC(C)(C)C(=O)CCCC.[C-]#[N+]c1c(OCC(C)(C)C(=O)CCCC)cccc1[N+](=O)[O-].[C-]#[N+]c1c([N+](=O)[O-])cccc1[N+](=O)[O-]. The van der Waals surface area contributed by atoms with Crippen LogP contribution in [0.4, 0.5) is 39.8 Å². The number of nitro groups is 3. The Kier molecular flexibility index (Phi) is 25.9. The highest BCUT2D eigenvalue weighted by Gasteiger charge is 2.30. The normalized spacial score (nSPS) is 10.6. The smallest absolute Gasteiger partial charge is 0.338 e. The number of carbonyl (C=O) groups is 3. The molecule has 3 aromatic carbocycles. The Labute approximate surface area is 391 Å². The lowest BCUT2D eigenvalue weighted by Crippen LogP contribution is -2.39. The first-order chi connectivity index (χ1) is 31.4. The summed E-state index contributed by atoms with van der Waals surface area (Å²) in [4.78, 5) is 74.2. The van der Waals surface area contributed by atoms with E-state index in [0.29, 0.717) is 36.5 Å². The Bertz CT molecular complexity index is 2280. The molecule has 0 fully saturated rings. The fourth-order valence-corrected chi connectivity index (χ4v) is 5.17. The van der Waals surface area contributed by atoms with E-state index in [1.54, 1.807) is 45.9 Å². The van der Waals surface area contributed by atoms with Gasteiger partial charge in [0.25, 0.3) is 17.1 Å². The van der Waals surface area contributed by atoms with E-state index in [-0.39, 0.29) is 54.4 Å². The molecule has 20 nitrogen and oxygen atoms in total. The maximum Gasteiger partial charge on any atom is 0.338 e. The van der Waals surface area contributed by atoms with Crippen molar-refractivity contribution in [2.24, 2.45) is 16.2 Å². The van der Waals surface area contributed by atoms with Crippen LogP contribution < -0.4 is 20.5 Å². The number of carbonyl (C=O) groups excluding carboxylic acids is 3. The molecular weight excluding hydrogens is 869 g/mol. The molecule has 0 aliphatic heterocycles. The lowest BCUT2D eigenvalue weighted by atomic mass is 9.86.